The number of fused-ring (bicyclic) bond motifs is 1. The molecule has 0 saturated carbocycles. The van der Waals surface area contributed by atoms with Crippen molar-refractivity contribution in [3.05, 3.63) is 66.2 Å². The van der Waals surface area contributed by atoms with Gasteiger partial charge in [0, 0.05) is 5.56 Å². The number of Topliss-reactive ketones (excluding diaryl/α,β-unsaturated/α-hetero) is 1. The first kappa shape index (κ1) is 14.3. The fourth-order valence-electron chi connectivity index (χ4n) is 2.94. The summed E-state index contributed by atoms with van der Waals surface area (Å²) < 4.78 is 0. The van der Waals surface area contributed by atoms with Crippen molar-refractivity contribution >= 4 is 29.0 Å². The van der Waals surface area contributed by atoms with Gasteiger partial charge in [-0.15, -0.1) is 0 Å². The van der Waals surface area contributed by atoms with Crippen LogP contribution in [0.1, 0.15) is 10.4 Å². The van der Waals surface area contributed by atoms with E-state index >= 15 is 0 Å². The fourth-order valence-corrected chi connectivity index (χ4v) is 2.94. The number of anilines is 1. The van der Waals surface area contributed by atoms with E-state index in [0.717, 1.165) is 4.90 Å². The first-order valence-corrected chi connectivity index (χ1v) is 7.45. The monoisotopic (exact) mass is 320 g/mol. The number of para-hydroxylation sites is 1. The molecule has 2 aliphatic heterocycles. The van der Waals surface area contributed by atoms with Crippen LogP contribution in [0.15, 0.2) is 65.8 Å². The second kappa shape index (κ2) is 5.42. The Labute approximate surface area is 137 Å². The molecule has 0 aliphatic carbocycles. The van der Waals surface area contributed by atoms with Crippen molar-refractivity contribution in [3.8, 4) is 0 Å². The predicted molar refractivity (Wildman–Crippen MR) is 85.5 cm³/mol. The minimum absolute atomic E-state index is 0.0250. The van der Waals surface area contributed by atoms with Crippen molar-refractivity contribution in [2.75, 3.05) is 4.90 Å². The SMILES string of the molecule is O=C(C1=NO[C@H]2C(=O)N(c3ccccc3)C(=O)[C@@H]12)c1ccccc1. The van der Waals surface area contributed by atoms with Crippen LogP contribution in [0.2, 0.25) is 0 Å². The van der Waals surface area contributed by atoms with E-state index in [1.165, 1.54) is 0 Å². The highest BCUT2D eigenvalue weighted by Crippen LogP contribution is 2.33. The standard InChI is InChI=1S/C18H12N2O4/c21-15(11-7-3-1-4-8-11)14-13-16(24-19-14)18(23)20(17(13)22)12-9-5-2-6-10-12/h1-10,13,16H/t13-,16+/m0/s1. The molecule has 0 bridgehead atoms. The van der Waals surface area contributed by atoms with Gasteiger partial charge in [0.1, 0.15) is 11.6 Å². The third-order valence-corrected chi connectivity index (χ3v) is 4.10. The van der Waals surface area contributed by atoms with Crippen molar-refractivity contribution in [2.45, 2.75) is 6.10 Å². The number of carbonyl (C=O) groups excluding carboxylic acids is 3. The molecule has 2 amide bonds. The zero-order valence-corrected chi connectivity index (χ0v) is 12.5. The Hall–Kier alpha value is -3.28. The predicted octanol–water partition coefficient (Wildman–Crippen LogP) is 1.81. The van der Waals surface area contributed by atoms with Gasteiger partial charge in [-0.05, 0) is 12.1 Å². The third kappa shape index (κ3) is 2.04. The quantitative estimate of drug-likeness (QED) is 0.638. The Balaban J connectivity index is 1.68. The molecule has 1 fully saturated rings. The Morgan fingerprint density at radius 1 is 0.917 bits per heavy atom. The Morgan fingerprint density at radius 2 is 1.54 bits per heavy atom. The van der Waals surface area contributed by atoms with Crippen molar-refractivity contribution in [1.29, 1.82) is 0 Å². The van der Waals surface area contributed by atoms with E-state index in [-0.39, 0.29) is 5.71 Å². The second-order valence-corrected chi connectivity index (χ2v) is 5.52. The van der Waals surface area contributed by atoms with Gasteiger partial charge >= 0.3 is 0 Å². The van der Waals surface area contributed by atoms with Gasteiger partial charge in [-0.25, -0.2) is 4.90 Å². The van der Waals surface area contributed by atoms with E-state index < -0.39 is 29.6 Å². The Kier molecular flexibility index (Phi) is 3.23. The maximum Gasteiger partial charge on any atom is 0.278 e. The zero-order valence-electron chi connectivity index (χ0n) is 12.5. The molecule has 2 aromatic carbocycles. The molecule has 0 spiro atoms. The lowest BCUT2D eigenvalue weighted by atomic mass is 9.93. The van der Waals surface area contributed by atoms with Gasteiger partial charge in [0.25, 0.3) is 5.91 Å². The van der Waals surface area contributed by atoms with Crippen LogP contribution < -0.4 is 4.90 Å². The average Bonchev–Trinajstić information content (AvgIpc) is 3.17. The molecule has 1 saturated heterocycles. The molecular weight excluding hydrogens is 308 g/mol. The van der Waals surface area contributed by atoms with E-state index in [4.69, 9.17) is 4.84 Å². The summed E-state index contributed by atoms with van der Waals surface area (Å²) in [6.07, 6.45) is -1.07. The first-order chi connectivity index (χ1) is 11.7. The summed E-state index contributed by atoms with van der Waals surface area (Å²) >= 11 is 0. The molecular formula is C18H12N2O4. The molecule has 2 aliphatic rings. The van der Waals surface area contributed by atoms with E-state index in [2.05, 4.69) is 5.16 Å². The summed E-state index contributed by atoms with van der Waals surface area (Å²) in [6, 6.07) is 17.1. The van der Waals surface area contributed by atoms with Gasteiger partial charge in [-0.1, -0.05) is 53.7 Å². The van der Waals surface area contributed by atoms with Gasteiger partial charge in [0.2, 0.25) is 17.8 Å². The maximum absolute atomic E-state index is 12.7. The lowest BCUT2D eigenvalue weighted by Gasteiger charge is -2.14. The number of ketones is 1. The van der Waals surface area contributed by atoms with Crippen molar-refractivity contribution in [3.63, 3.8) is 0 Å². The molecule has 24 heavy (non-hydrogen) atoms. The molecule has 2 heterocycles. The van der Waals surface area contributed by atoms with Crippen molar-refractivity contribution in [2.24, 2.45) is 11.1 Å². The number of hydrogen-bond donors (Lipinski definition) is 0. The molecule has 6 nitrogen and oxygen atoms in total. The smallest absolute Gasteiger partial charge is 0.278 e. The molecule has 0 aromatic heterocycles. The molecule has 0 N–H and O–H groups in total. The number of oxime groups is 1. The normalized spacial score (nSPS) is 22.2. The molecule has 0 radical (unpaired) electrons. The summed E-state index contributed by atoms with van der Waals surface area (Å²) in [5, 5.41) is 3.72. The van der Waals surface area contributed by atoms with Crippen LogP contribution in [-0.2, 0) is 14.4 Å². The average molecular weight is 320 g/mol. The Bertz CT molecular complexity index is 861. The molecule has 4 rings (SSSR count). The highest BCUT2D eigenvalue weighted by atomic mass is 16.7. The van der Waals surface area contributed by atoms with Crippen LogP contribution in [0.3, 0.4) is 0 Å². The van der Waals surface area contributed by atoms with Crippen molar-refractivity contribution in [1.82, 2.24) is 0 Å². The summed E-state index contributed by atoms with van der Waals surface area (Å²) in [6.45, 7) is 0. The summed E-state index contributed by atoms with van der Waals surface area (Å²) in [7, 11) is 0. The van der Waals surface area contributed by atoms with E-state index in [1.807, 2.05) is 0 Å². The van der Waals surface area contributed by atoms with E-state index in [9.17, 15) is 14.4 Å². The maximum atomic E-state index is 12.7. The number of carbonyl (C=O) groups is 3. The number of imide groups is 1. The van der Waals surface area contributed by atoms with Crippen LogP contribution in [-0.4, -0.2) is 29.4 Å². The molecule has 118 valence electrons. The number of amides is 2. The minimum atomic E-state index is -1.07. The summed E-state index contributed by atoms with van der Waals surface area (Å²) in [4.78, 5) is 44.0. The molecule has 2 atom stereocenters. The van der Waals surface area contributed by atoms with Crippen LogP contribution in [0.4, 0.5) is 5.69 Å². The highest BCUT2D eigenvalue weighted by Gasteiger charge is 2.57. The van der Waals surface area contributed by atoms with Gasteiger partial charge in [-0.3, -0.25) is 14.4 Å². The fraction of sp³-hybridized carbons (Fsp3) is 0.111. The Morgan fingerprint density at radius 3 is 2.21 bits per heavy atom. The van der Waals surface area contributed by atoms with Crippen LogP contribution in [0, 0.1) is 5.92 Å². The van der Waals surface area contributed by atoms with Crippen LogP contribution in [0.25, 0.3) is 0 Å². The molecule has 6 heteroatoms. The first-order valence-electron chi connectivity index (χ1n) is 7.45. The lowest BCUT2D eigenvalue weighted by Crippen LogP contribution is -2.34. The van der Waals surface area contributed by atoms with E-state index in [1.54, 1.807) is 60.7 Å². The van der Waals surface area contributed by atoms with Gasteiger partial charge < -0.3 is 4.84 Å². The number of benzene rings is 2. The topological polar surface area (TPSA) is 76.0 Å². The zero-order chi connectivity index (χ0) is 16.7. The number of nitrogens with zero attached hydrogens (tertiary/aromatic N) is 2. The molecule has 0 unspecified atom stereocenters. The van der Waals surface area contributed by atoms with Gasteiger partial charge in [0.15, 0.2) is 0 Å². The highest BCUT2D eigenvalue weighted by molar-refractivity contribution is 6.52. The lowest BCUT2D eigenvalue weighted by molar-refractivity contribution is -0.126. The minimum Gasteiger partial charge on any atom is -0.381 e. The molecule has 2 aromatic rings. The third-order valence-electron chi connectivity index (χ3n) is 4.10. The van der Waals surface area contributed by atoms with Crippen LogP contribution in [0.5, 0.6) is 0 Å². The largest absolute Gasteiger partial charge is 0.381 e. The van der Waals surface area contributed by atoms with Crippen LogP contribution >= 0.6 is 0 Å². The van der Waals surface area contributed by atoms with Crippen molar-refractivity contribution < 1.29 is 19.2 Å². The van der Waals surface area contributed by atoms with E-state index in [0.29, 0.717) is 11.3 Å². The number of hydrogen-bond acceptors (Lipinski definition) is 5. The van der Waals surface area contributed by atoms with Gasteiger partial charge in [0.05, 0.1) is 5.69 Å². The number of rotatable bonds is 3. The second-order valence-electron chi connectivity index (χ2n) is 5.52. The summed E-state index contributed by atoms with van der Waals surface area (Å²) in [5.74, 6) is -2.39. The van der Waals surface area contributed by atoms with Gasteiger partial charge in [-0.2, -0.15) is 0 Å². The summed E-state index contributed by atoms with van der Waals surface area (Å²) in [5.41, 5.74) is 0.832.